The van der Waals surface area contributed by atoms with Crippen LogP contribution >= 0.6 is 11.6 Å². The molecular weight excluding hydrogens is 344 g/mol. The van der Waals surface area contributed by atoms with E-state index in [1.807, 2.05) is 12.1 Å². The number of halogens is 1. The van der Waals surface area contributed by atoms with Crippen LogP contribution in [0.4, 0.5) is 0 Å². The maximum atomic E-state index is 12.0. The van der Waals surface area contributed by atoms with Gasteiger partial charge in [0.15, 0.2) is 5.82 Å². The Hall–Kier alpha value is -1.96. The molecule has 8 heteroatoms. The van der Waals surface area contributed by atoms with E-state index < -0.39 is 5.41 Å². The molecule has 7 nitrogen and oxygen atoms in total. The Morgan fingerprint density at radius 1 is 1.32 bits per heavy atom. The molecule has 0 spiro atoms. The molecule has 2 aliphatic rings. The van der Waals surface area contributed by atoms with Gasteiger partial charge < -0.3 is 15.2 Å². The van der Waals surface area contributed by atoms with Gasteiger partial charge in [0, 0.05) is 10.6 Å². The number of hydrogen-bond acceptors (Lipinski definition) is 5. The zero-order valence-electron chi connectivity index (χ0n) is 13.7. The summed E-state index contributed by atoms with van der Waals surface area (Å²) in [4.78, 5) is 16.6. The highest BCUT2D eigenvalue weighted by Gasteiger charge is 2.54. The largest absolute Gasteiger partial charge is 0.376 e. The van der Waals surface area contributed by atoms with Crippen molar-refractivity contribution >= 4 is 17.5 Å². The Bertz CT molecular complexity index is 780. The molecule has 2 N–H and O–H groups in total. The van der Waals surface area contributed by atoms with Crippen LogP contribution in [0.15, 0.2) is 24.3 Å². The number of ether oxygens (including phenoxy) is 2. The molecule has 2 heterocycles. The summed E-state index contributed by atoms with van der Waals surface area (Å²) in [5.74, 6) is 0.805. The van der Waals surface area contributed by atoms with Crippen LogP contribution in [-0.2, 0) is 26.2 Å². The van der Waals surface area contributed by atoms with E-state index in [9.17, 15) is 4.79 Å². The fourth-order valence-corrected chi connectivity index (χ4v) is 3.21. The Morgan fingerprint density at radius 2 is 2.08 bits per heavy atom. The molecule has 132 valence electrons. The van der Waals surface area contributed by atoms with Gasteiger partial charge in [-0.15, -0.1) is 0 Å². The van der Waals surface area contributed by atoms with Crippen LogP contribution in [0.2, 0.25) is 5.02 Å². The minimum Gasteiger partial charge on any atom is -0.376 e. The maximum Gasteiger partial charge on any atom is 0.231 e. The van der Waals surface area contributed by atoms with Gasteiger partial charge in [-0.2, -0.15) is 5.10 Å². The van der Waals surface area contributed by atoms with Crippen molar-refractivity contribution in [3.63, 3.8) is 0 Å². The van der Waals surface area contributed by atoms with E-state index in [4.69, 9.17) is 26.8 Å². The van der Waals surface area contributed by atoms with Gasteiger partial charge in [-0.05, 0) is 37.1 Å². The highest BCUT2D eigenvalue weighted by molar-refractivity contribution is 6.30. The Kier molecular flexibility index (Phi) is 4.23. The highest BCUT2D eigenvalue weighted by Crippen LogP contribution is 2.47. The van der Waals surface area contributed by atoms with Crippen molar-refractivity contribution in [2.75, 3.05) is 19.8 Å². The van der Waals surface area contributed by atoms with Crippen molar-refractivity contribution in [3.8, 4) is 11.4 Å². The number of benzene rings is 1. The van der Waals surface area contributed by atoms with Gasteiger partial charge in [-0.1, -0.05) is 11.6 Å². The summed E-state index contributed by atoms with van der Waals surface area (Å²) in [6.07, 6.45) is 1.28. The first-order chi connectivity index (χ1) is 12.1. The third-order valence-electron chi connectivity index (χ3n) is 4.69. The molecule has 1 aliphatic heterocycles. The zero-order chi connectivity index (χ0) is 17.4. The second-order valence-corrected chi connectivity index (χ2v) is 6.90. The van der Waals surface area contributed by atoms with Crippen molar-refractivity contribution < 1.29 is 14.3 Å². The Balaban J connectivity index is 1.70. The number of hydrogen-bond donors (Lipinski definition) is 1. The summed E-state index contributed by atoms with van der Waals surface area (Å²) in [6, 6.07) is 7.29. The van der Waals surface area contributed by atoms with Crippen LogP contribution in [0, 0.1) is 0 Å². The van der Waals surface area contributed by atoms with Gasteiger partial charge in [0.05, 0.1) is 26.4 Å². The van der Waals surface area contributed by atoms with Gasteiger partial charge in [0.1, 0.15) is 17.3 Å². The summed E-state index contributed by atoms with van der Waals surface area (Å²) in [5, 5.41) is 5.26. The fourth-order valence-electron chi connectivity index (χ4n) is 3.08. The minimum atomic E-state index is -0.715. The fraction of sp³-hybridized carbons (Fsp3) is 0.471. The van der Waals surface area contributed by atoms with Gasteiger partial charge in [-0.25, -0.2) is 9.67 Å². The van der Waals surface area contributed by atoms with Crippen LogP contribution in [0.5, 0.6) is 0 Å². The summed E-state index contributed by atoms with van der Waals surface area (Å²) in [6.45, 7) is 2.13. The van der Waals surface area contributed by atoms with E-state index in [0.29, 0.717) is 55.9 Å². The van der Waals surface area contributed by atoms with Crippen molar-refractivity contribution in [2.24, 2.45) is 5.73 Å². The van der Waals surface area contributed by atoms with Crippen molar-refractivity contribution in [3.05, 3.63) is 35.1 Å². The first kappa shape index (κ1) is 16.5. The molecule has 2 fully saturated rings. The van der Waals surface area contributed by atoms with E-state index in [1.165, 1.54) is 0 Å². The molecule has 2 aromatic rings. The predicted molar refractivity (Wildman–Crippen MR) is 91.1 cm³/mol. The van der Waals surface area contributed by atoms with Crippen molar-refractivity contribution in [2.45, 2.75) is 30.9 Å². The normalized spacial score (nSPS) is 21.9. The van der Waals surface area contributed by atoms with E-state index in [1.54, 1.807) is 16.8 Å². The van der Waals surface area contributed by atoms with E-state index in [-0.39, 0.29) is 12.0 Å². The molecule has 1 saturated heterocycles. The van der Waals surface area contributed by atoms with E-state index >= 15 is 0 Å². The molecular formula is C17H19ClN4O3. The molecule has 0 bridgehead atoms. The van der Waals surface area contributed by atoms with Gasteiger partial charge in [-0.3, -0.25) is 4.79 Å². The summed E-state index contributed by atoms with van der Waals surface area (Å²) < 4.78 is 12.9. The standard InChI is InChI=1S/C17H19ClN4O3/c18-12-3-1-11(2-4-12)14-20-16(17(5-6-17)15(19)23)22(21-14)9-13-10-24-7-8-25-13/h1-4,13H,5-10H2,(H2,19,23)/t13-/m1/s1. The first-order valence-corrected chi connectivity index (χ1v) is 8.67. The number of nitrogens with zero attached hydrogens (tertiary/aromatic N) is 3. The predicted octanol–water partition coefficient (Wildman–Crippen LogP) is 1.53. The second kappa shape index (κ2) is 6.40. The topological polar surface area (TPSA) is 92.3 Å². The van der Waals surface area contributed by atoms with Crippen LogP contribution in [0.1, 0.15) is 18.7 Å². The van der Waals surface area contributed by atoms with Crippen molar-refractivity contribution in [1.82, 2.24) is 14.8 Å². The van der Waals surface area contributed by atoms with Crippen LogP contribution in [-0.4, -0.2) is 46.6 Å². The van der Waals surface area contributed by atoms with E-state index in [0.717, 1.165) is 5.56 Å². The van der Waals surface area contributed by atoms with E-state index in [2.05, 4.69) is 10.1 Å². The number of carbonyl (C=O) groups excluding carboxylic acids is 1. The van der Waals surface area contributed by atoms with Crippen LogP contribution in [0.3, 0.4) is 0 Å². The number of aromatic nitrogens is 3. The SMILES string of the molecule is NC(=O)C1(c2nc(-c3ccc(Cl)cc3)nn2C[C@@H]2COCCO2)CC1. The van der Waals surface area contributed by atoms with Crippen LogP contribution < -0.4 is 5.73 Å². The lowest BCUT2D eigenvalue weighted by atomic mass is 10.1. The number of primary amides is 1. The first-order valence-electron chi connectivity index (χ1n) is 8.29. The number of nitrogens with two attached hydrogens (primary N) is 1. The highest BCUT2D eigenvalue weighted by atomic mass is 35.5. The molecule has 0 radical (unpaired) electrons. The van der Waals surface area contributed by atoms with Crippen LogP contribution in [0.25, 0.3) is 11.4 Å². The van der Waals surface area contributed by atoms with Gasteiger partial charge in [0.25, 0.3) is 0 Å². The average Bonchev–Trinajstić information content (AvgIpc) is 3.33. The lowest BCUT2D eigenvalue weighted by molar-refractivity contribution is -0.120. The second-order valence-electron chi connectivity index (χ2n) is 6.46. The van der Waals surface area contributed by atoms with Gasteiger partial charge >= 0.3 is 0 Å². The third kappa shape index (κ3) is 3.15. The Labute approximate surface area is 150 Å². The molecule has 4 rings (SSSR count). The molecule has 1 aliphatic carbocycles. The molecule has 0 unspecified atom stereocenters. The lowest BCUT2D eigenvalue weighted by Gasteiger charge is -2.23. The smallest absolute Gasteiger partial charge is 0.231 e. The zero-order valence-corrected chi connectivity index (χ0v) is 14.4. The minimum absolute atomic E-state index is 0.115. The molecule has 25 heavy (non-hydrogen) atoms. The molecule has 1 aromatic carbocycles. The molecule has 1 atom stereocenters. The molecule has 1 amide bonds. The number of amides is 1. The van der Waals surface area contributed by atoms with Gasteiger partial charge in [0.2, 0.25) is 5.91 Å². The average molecular weight is 363 g/mol. The summed E-state index contributed by atoms with van der Waals surface area (Å²) in [7, 11) is 0. The summed E-state index contributed by atoms with van der Waals surface area (Å²) in [5.41, 5.74) is 5.76. The number of carbonyl (C=O) groups is 1. The van der Waals surface area contributed by atoms with Crippen molar-refractivity contribution in [1.29, 1.82) is 0 Å². The molecule has 1 aromatic heterocycles. The lowest BCUT2D eigenvalue weighted by Crippen LogP contribution is -2.36. The third-order valence-corrected chi connectivity index (χ3v) is 4.94. The summed E-state index contributed by atoms with van der Waals surface area (Å²) >= 11 is 5.95. The monoisotopic (exact) mass is 362 g/mol. The molecule has 1 saturated carbocycles. The quantitative estimate of drug-likeness (QED) is 0.870. The number of rotatable bonds is 5. The Morgan fingerprint density at radius 3 is 2.68 bits per heavy atom. The maximum absolute atomic E-state index is 12.0.